The summed E-state index contributed by atoms with van der Waals surface area (Å²) in [7, 11) is 1.62. The number of halogens is 1. The second-order valence-corrected chi connectivity index (χ2v) is 5.78. The molecule has 0 bridgehead atoms. The number of carbonyl (C=O) groups is 1. The van der Waals surface area contributed by atoms with E-state index in [1.165, 1.54) is 0 Å². The summed E-state index contributed by atoms with van der Waals surface area (Å²) in [5, 5.41) is 0. The Hall–Kier alpha value is -1.81. The van der Waals surface area contributed by atoms with Gasteiger partial charge in [0.15, 0.2) is 0 Å². The molecule has 21 heavy (non-hydrogen) atoms. The van der Waals surface area contributed by atoms with Crippen LogP contribution in [-0.4, -0.2) is 12.9 Å². The van der Waals surface area contributed by atoms with Gasteiger partial charge in [0.25, 0.3) is 0 Å². The predicted molar refractivity (Wildman–Crippen MR) is 88.6 cm³/mol. The number of hydrogen-bond acceptors (Lipinski definition) is 3. The van der Waals surface area contributed by atoms with Crippen LogP contribution in [0.1, 0.15) is 17.5 Å². The zero-order valence-corrected chi connectivity index (χ0v) is 13.5. The van der Waals surface area contributed by atoms with Crippen LogP contribution < -0.4 is 10.5 Å². The van der Waals surface area contributed by atoms with Crippen LogP contribution in [0.3, 0.4) is 0 Å². The largest absolute Gasteiger partial charge is 0.496 e. The van der Waals surface area contributed by atoms with Gasteiger partial charge in [0.1, 0.15) is 11.5 Å². The van der Waals surface area contributed by atoms with Gasteiger partial charge >= 0.3 is 0 Å². The molecule has 0 fully saturated rings. The van der Waals surface area contributed by atoms with Gasteiger partial charge in [-0.05, 0) is 57.7 Å². The summed E-state index contributed by atoms with van der Waals surface area (Å²) in [6.45, 7) is 0. The minimum absolute atomic E-state index is 0.226. The van der Waals surface area contributed by atoms with Gasteiger partial charge in [-0.25, -0.2) is 0 Å². The van der Waals surface area contributed by atoms with Crippen LogP contribution in [0, 0.1) is 0 Å². The van der Waals surface area contributed by atoms with Crippen LogP contribution in [-0.2, 0) is 17.6 Å². The summed E-state index contributed by atoms with van der Waals surface area (Å²) in [6.07, 6.45) is 1.72. The number of Topliss-reactive ketones (excluding diaryl/α,β-unsaturated/α-hetero) is 1. The molecule has 0 atom stereocenters. The third-order valence-corrected chi connectivity index (χ3v) is 3.91. The zero-order chi connectivity index (χ0) is 15.2. The van der Waals surface area contributed by atoms with E-state index in [0.717, 1.165) is 33.5 Å². The van der Waals surface area contributed by atoms with Gasteiger partial charge < -0.3 is 10.5 Å². The van der Waals surface area contributed by atoms with Crippen LogP contribution in [0.2, 0.25) is 0 Å². The van der Waals surface area contributed by atoms with Crippen molar-refractivity contribution in [3.63, 3.8) is 0 Å². The van der Waals surface area contributed by atoms with E-state index in [2.05, 4.69) is 15.9 Å². The molecular weight excluding hydrogens is 330 g/mol. The number of carbonyl (C=O) groups excluding carboxylic acids is 1. The van der Waals surface area contributed by atoms with E-state index in [1.807, 2.05) is 42.5 Å². The molecule has 0 heterocycles. The van der Waals surface area contributed by atoms with Gasteiger partial charge in [0.05, 0.1) is 11.6 Å². The van der Waals surface area contributed by atoms with E-state index < -0.39 is 0 Å². The normalized spacial score (nSPS) is 10.4. The first-order valence-electron chi connectivity index (χ1n) is 6.77. The fourth-order valence-electron chi connectivity index (χ4n) is 2.10. The number of nitrogens with two attached hydrogens (primary N) is 1. The average molecular weight is 348 g/mol. The van der Waals surface area contributed by atoms with Crippen LogP contribution >= 0.6 is 15.9 Å². The van der Waals surface area contributed by atoms with E-state index in [1.54, 1.807) is 7.11 Å². The number of benzene rings is 2. The summed E-state index contributed by atoms with van der Waals surface area (Å²) in [6, 6.07) is 13.4. The Kier molecular flexibility index (Phi) is 5.39. The Morgan fingerprint density at radius 1 is 1.14 bits per heavy atom. The fourth-order valence-corrected chi connectivity index (χ4v) is 2.69. The van der Waals surface area contributed by atoms with E-state index >= 15 is 0 Å². The third kappa shape index (κ3) is 4.60. The second-order valence-electron chi connectivity index (χ2n) is 4.93. The molecule has 4 heteroatoms. The van der Waals surface area contributed by atoms with Crippen molar-refractivity contribution in [2.24, 2.45) is 0 Å². The van der Waals surface area contributed by atoms with E-state index in [4.69, 9.17) is 10.5 Å². The quantitative estimate of drug-likeness (QED) is 0.809. The van der Waals surface area contributed by atoms with Gasteiger partial charge in [-0.2, -0.15) is 0 Å². The SMILES string of the molecule is COc1ccc(CC(=O)CCc2ccc(N)cc2)cc1Br. The summed E-state index contributed by atoms with van der Waals surface area (Å²) in [5.41, 5.74) is 8.51. The van der Waals surface area contributed by atoms with Gasteiger partial charge in [-0.3, -0.25) is 4.79 Å². The maximum atomic E-state index is 12.0. The van der Waals surface area contributed by atoms with Crippen LogP contribution in [0.15, 0.2) is 46.9 Å². The maximum absolute atomic E-state index is 12.0. The first-order valence-corrected chi connectivity index (χ1v) is 7.56. The molecule has 0 aromatic heterocycles. The van der Waals surface area contributed by atoms with Crippen molar-refractivity contribution >= 4 is 27.4 Å². The van der Waals surface area contributed by atoms with E-state index in [9.17, 15) is 4.79 Å². The lowest BCUT2D eigenvalue weighted by Gasteiger charge is -2.06. The highest BCUT2D eigenvalue weighted by Crippen LogP contribution is 2.25. The van der Waals surface area contributed by atoms with Crippen LogP contribution in [0.5, 0.6) is 5.75 Å². The van der Waals surface area contributed by atoms with Crippen molar-refractivity contribution in [1.29, 1.82) is 0 Å². The molecule has 0 saturated heterocycles. The van der Waals surface area contributed by atoms with E-state index in [-0.39, 0.29) is 5.78 Å². The first kappa shape index (κ1) is 15.6. The lowest BCUT2D eigenvalue weighted by Crippen LogP contribution is -2.04. The van der Waals surface area contributed by atoms with Crippen molar-refractivity contribution in [1.82, 2.24) is 0 Å². The summed E-state index contributed by atoms with van der Waals surface area (Å²) < 4.78 is 6.05. The van der Waals surface area contributed by atoms with Gasteiger partial charge in [0, 0.05) is 18.5 Å². The minimum Gasteiger partial charge on any atom is -0.496 e. The van der Waals surface area contributed by atoms with Crippen molar-refractivity contribution in [2.75, 3.05) is 12.8 Å². The number of ketones is 1. The van der Waals surface area contributed by atoms with Crippen molar-refractivity contribution < 1.29 is 9.53 Å². The topological polar surface area (TPSA) is 52.3 Å². The number of ether oxygens (including phenoxy) is 1. The molecule has 2 N–H and O–H groups in total. The molecule has 0 amide bonds. The Balaban J connectivity index is 1.89. The minimum atomic E-state index is 0.226. The molecular formula is C17H18BrNO2. The van der Waals surface area contributed by atoms with Crippen LogP contribution in [0.4, 0.5) is 5.69 Å². The fraction of sp³-hybridized carbons (Fsp3) is 0.235. The smallest absolute Gasteiger partial charge is 0.137 e. The number of nitrogen functional groups attached to an aromatic ring is 1. The number of rotatable bonds is 6. The highest BCUT2D eigenvalue weighted by molar-refractivity contribution is 9.10. The molecule has 0 radical (unpaired) electrons. The monoisotopic (exact) mass is 347 g/mol. The Labute approximate surface area is 133 Å². The molecule has 2 aromatic rings. The molecule has 0 aliphatic carbocycles. The highest BCUT2D eigenvalue weighted by Gasteiger charge is 2.07. The Bertz CT molecular complexity index is 623. The summed E-state index contributed by atoms with van der Waals surface area (Å²) in [4.78, 5) is 12.0. The van der Waals surface area contributed by atoms with Crippen molar-refractivity contribution in [3.05, 3.63) is 58.1 Å². The maximum Gasteiger partial charge on any atom is 0.137 e. The molecule has 110 valence electrons. The number of anilines is 1. The molecule has 0 saturated carbocycles. The lowest BCUT2D eigenvalue weighted by molar-refractivity contribution is -0.118. The molecule has 2 rings (SSSR count). The standard InChI is InChI=1S/C17H18BrNO2/c1-21-17-9-5-13(11-16(17)18)10-15(20)8-4-12-2-6-14(19)7-3-12/h2-3,5-7,9,11H,4,8,10,19H2,1H3. The average Bonchev–Trinajstić information content (AvgIpc) is 2.47. The van der Waals surface area contributed by atoms with Gasteiger partial charge in [-0.15, -0.1) is 0 Å². The summed E-state index contributed by atoms with van der Waals surface area (Å²) in [5.74, 6) is 0.997. The lowest BCUT2D eigenvalue weighted by atomic mass is 10.0. The molecule has 3 nitrogen and oxygen atoms in total. The number of hydrogen-bond donors (Lipinski definition) is 1. The van der Waals surface area contributed by atoms with Crippen LogP contribution in [0.25, 0.3) is 0 Å². The zero-order valence-electron chi connectivity index (χ0n) is 11.9. The van der Waals surface area contributed by atoms with Crippen molar-refractivity contribution in [2.45, 2.75) is 19.3 Å². The van der Waals surface area contributed by atoms with E-state index in [0.29, 0.717) is 12.8 Å². The number of methoxy groups -OCH3 is 1. The molecule has 0 aliphatic rings. The van der Waals surface area contributed by atoms with Gasteiger partial charge in [0.2, 0.25) is 0 Å². The first-order chi connectivity index (χ1) is 10.1. The Morgan fingerprint density at radius 2 is 1.81 bits per heavy atom. The molecule has 0 unspecified atom stereocenters. The van der Waals surface area contributed by atoms with Crippen molar-refractivity contribution in [3.8, 4) is 5.75 Å². The number of aryl methyl sites for hydroxylation is 1. The third-order valence-electron chi connectivity index (χ3n) is 3.29. The highest BCUT2D eigenvalue weighted by atomic mass is 79.9. The Morgan fingerprint density at radius 3 is 2.43 bits per heavy atom. The van der Waals surface area contributed by atoms with Gasteiger partial charge in [-0.1, -0.05) is 18.2 Å². The summed E-state index contributed by atoms with van der Waals surface area (Å²) >= 11 is 3.43. The second kappa shape index (κ2) is 7.27. The molecule has 2 aromatic carbocycles. The predicted octanol–water partition coefficient (Wildman–Crippen LogP) is 3.78. The molecule has 0 aliphatic heterocycles. The molecule has 0 spiro atoms.